The maximum atomic E-state index is 10.0. The molecule has 0 aliphatic rings. The zero-order chi connectivity index (χ0) is 5.98. The first-order valence-corrected chi connectivity index (χ1v) is 3.70. The van der Waals surface area contributed by atoms with Crippen molar-refractivity contribution in [1.29, 1.82) is 0 Å². The van der Waals surface area contributed by atoms with Gasteiger partial charge in [-0.3, -0.25) is 0 Å². The SMILES string of the molecule is O=C(O)c1cc[se]n1. The predicted molar refractivity (Wildman–Crippen MR) is 28.1 cm³/mol. The van der Waals surface area contributed by atoms with Gasteiger partial charge in [0.15, 0.2) is 0 Å². The van der Waals surface area contributed by atoms with Crippen LogP contribution >= 0.6 is 0 Å². The molecule has 1 N–H and O–H groups in total. The van der Waals surface area contributed by atoms with Gasteiger partial charge in [-0.25, -0.2) is 0 Å². The second-order valence-electron chi connectivity index (χ2n) is 1.19. The number of carboxylic acid groups (broad SMARTS) is 1. The molecule has 0 unspecified atom stereocenters. The second-order valence-corrected chi connectivity index (χ2v) is 2.59. The number of hydrogen-bond donors (Lipinski definition) is 1. The summed E-state index contributed by atoms with van der Waals surface area (Å²) < 4.78 is 3.70. The van der Waals surface area contributed by atoms with E-state index in [0.29, 0.717) is 0 Å². The third kappa shape index (κ3) is 0.966. The van der Waals surface area contributed by atoms with Gasteiger partial charge in [0.25, 0.3) is 0 Å². The first-order valence-electron chi connectivity index (χ1n) is 1.94. The molecule has 8 heavy (non-hydrogen) atoms. The van der Waals surface area contributed by atoms with E-state index in [4.69, 9.17) is 5.11 Å². The molecule has 0 aliphatic carbocycles. The Morgan fingerprint density at radius 1 is 1.88 bits per heavy atom. The molecule has 42 valence electrons. The van der Waals surface area contributed by atoms with Crippen LogP contribution in [0.4, 0.5) is 0 Å². The molecular formula is C4H3NO2Se. The number of hydrogen-bond acceptors (Lipinski definition) is 2. The molecule has 0 fully saturated rings. The Morgan fingerprint density at radius 3 is 2.88 bits per heavy atom. The van der Waals surface area contributed by atoms with Crippen LogP contribution in [0.5, 0.6) is 0 Å². The minimum absolute atomic E-state index is 0.0493. The molecule has 0 radical (unpaired) electrons. The molecule has 1 aromatic rings. The van der Waals surface area contributed by atoms with Crippen LogP contribution in [0.1, 0.15) is 10.5 Å². The topological polar surface area (TPSA) is 50.2 Å². The molecule has 0 bridgehead atoms. The van der Waals surface area contributed by atoms with Crippen molar-refractivity contribution in [2.24, 2.45) is 0 Å². The van der Waals surface area contributed by atoms with E-state index in [1.165, 1.54) is 6.07 Å². The van der Waals surface area contributed by atoms with Gasteiger partial charge >= 0.3 is 51.3 Å². The number of carbonyl (C=O) groups is 1. The Morgan fingerprint density at radius 2 is 2.62 bits per heavy atom. The molecular weight excluding hydrogens is 173 g/mol. The van der Waals surface area contributed by atoms with Gasteiger partial charge in [0.05, 0.1) is 0 Å². The van der Waals surface area contributed by atoms with Crippen LogP contribution in [0.15, 0.2) is 11.0 Å². The standard InChI is InChI=1S/C4H3NO2Se/c6-4(7)3-1-2-8-5-3/h1-2H,(H,6,7). The van der Waals surface area contributed by atoms with Crippen LogP contribution in [-0.4, -0.2) is 29.8 Å². The van der Waals surface area contributed by atoms with Gasteiger partial charge in [-0.15, -0.1) is 0 Å². The second kappa shape index (κ2) is 2.11. The van der Waals surface area contributed by atoms with Crippen LogP contribution in [-0.2, 0) is 0 Å². The summed E-state index contributed by atoms with van der Waals surface area (Å²) in [5.74, 6) is -0.930. The van der Waals surface area contributed by atoms with E-state index < -0.39 is 5.97 Å². The van der Waals surface area contributed by atoms with Crippen molar-refractivity contribution in [3.63, 3.8) is 0 Å². The summed E-state index contributed by atoms with van der Waals surface area (Å²) in [6.07, 6.45) is 0. The van der Waals surface area contributed by atoms with Crippen molar-refractivity contribution >= 4 is 20.7 Å². The molecule has 1 aromatic heterocycles. The number of aromatic nitrogens is 1. The average molecular weight is 176 g/mol. The van der Waals surface area contributed by atoms with Gasteiger partial charge < -0.3 is 0 Å². The molecule has 4 heteroatoms. The third-order valence-corrected chi connectivity index (χ3v) is 1.83. The first-order chi connectivity index (χ1) is 3.80. The predicted octanol–water partition coefficient (Wildman–Crippen LogP) is -0.163. The molecule has 0 amide bonds. The first kappa shape index (κ1) is 5.53. The Hall–Kier alpha value is -0.601. The molecule has 3 nitrogen and oxygen atoms in total. The number of rotatable bonds is 1. The number of aromatic carboxylic acids is 1. The summed E-state index contributed by atoms with van der Waals surface area (Å²) in [5, 5.41) is 8.24. The molecule has 0 saturated carbocycles. The summed E-state index contributed by atoms with van der Waals surface area (Å²) in [6, 6.07) is 1.53. The zero-order valence-electron chi connectivity index (χ0n) is 3.87. The van der Waals surface area contributed by atoms with Gasteiger partial charge in [0, 0.05) is 0 Å². The molecule has 0 spiro atoms. The van der Waals surface area contributed by atoms with Gasteiger partial charge in [-0.1, -0.05) is 0 Å². The Kier molecular flexibility index (Phi) is 1.46. The Bertz CT molecular complexity index is 182. The minimum atomic E-state index is -0.930. The fourth-order valence-electron chi connectivity index (χ4n) is 0.323. The molecule has 0 atom stereocenters. The van der Waals surface area contributed by atoms with Crippen molar-refractivity contribution < 1.29 is 9.90 Å². The quantitative estimate of drug-likeness (QED) is 0.604. The third-order valence-electron chi connectivity index (χ3n) is 0.657. The van der Waals surface area contributed by atoms with Gasteiger partial charge in [-0.05, 0) is 0 Å². The normalized spacial score (nSPS) is 9.00. The zero-order valence-corrected chi connectivity index (χ0v) is 5.58. The van der Waals surface area contributed by atoms with Crippen LogP contribution < -0.4 is 0 Å². The van der Waals surface area contributed by atoms with Crippen molar-refractivity contribution in [3.8, 4) is 0 Å². The van der Waals surface area contributed by atoms with E-state index in [2.05, 4.69) is 3.98 Å². The van der Waals surface area contributed by atoms with Crippen LogP contribution in [0.25, 0.3) is 0 Å². The van der Waals surface area contributed by atoms with E-state index in [-0.39, 0.29) is 20.4 Å². The fraction of sp³-hybridized carbons (Fsp3) is 0. The van der Waals surface area contributed by atoms with E-state index in [9.17, 15) is 4.79 Å². The van der Waals surface area contributed by atoms with Gasteiger partial charge in [0.2, 0.25) is 0 Å². The summed E-state index contributed by atoms with van der Waals surface area (Å²) in [4.78, 5) is 11.8. The van der Waals surface area contributed by atoms with E-state index in [1.54, 1.807) is 4.94 Å². The van der Waals surface area contributed by atoms with Crippen LogP contribution in [0.2, 0.25) is 0 Å². The summed E-state index contributed by atoms with van der Waals surface area (Å²) in [6.45, 7) is 0. The van der Waals surface area contributed by atoms with E-state index in [1.807, 2.05) is 0 Å². The van der Waals surface area contributed by atoms with Crippen molar-refractivity contribution in [2.45, 2.75) is 0 Å². The van der Waals surface area contributed by atoms with Crippen LogP contribution in [0, 0.1) is 0 Å². The summed E-state index contributed by atoms with van der Waals surface area (Å²) in [7, 11) is 0. The number of carboxylic acids is 1. The number of nitrogens with zero attached hydrogens (tertiary/aromatic N) is 1. The average Bonchev–Trinajstić information content (AvgIpc) is 2.12. The van der Waals surface area contributed by atoms with E-state index >= 15 is 0 Å². The molecule has 1 rings (SSSR count). The van der Waals surface area contributed by atoms with Gasteiger partial charge in [0.1, 0.15) is 0 Å². The Labute approximate surface area is 51.9 Å². The van der Waals surface area contributed by atoms with E-state index in [0.717, 1.165) is 0 Å². The Balaban J connectivity index is 2.93. The van der Waals surface area contributed by atoms with Gasteiger partial charge in [-0.2, -0.15) is 0 Å². The van der Waals surface area contributed by atoms with Crippen molar-refractivity contribution in [1.82, 2.24) is 3.98 Å². The molecule has 0 saturated heterocycles. The molecule has 0 aromatic carbocycles. The fourth-order valence-corrected chi connectivity index (χ4v) is 1.38. The van der Waals surface area contributed by atoms with Crippen molar-refractivity contribution in [2.75, 3.05) is 0 Å². The maximum absolute atomic E-state index is 10.0. The van der Waals surface area contributed by atoms with Crippen molar-refractivity contribution in [3.05, 3.63) is 16.7 Å². The molecule has 0 aliphatic heterocycles. The molecule has 1 heterocycles. The monoisotopic (exact) mass is 177 g/mol. The summed E-state index contributed by atoms with van der Waals surface area (Å²) in [5.41, 5.74) is 0.185. The summed E-state index contributed by atoms with van der Waals surface area (Å²) >= 11 is 0.0493. The van der Waals surface area contributed by atoms with Crippen LogP contribution in [0.3, 0.4) is 0 Å².